The standard InChI is InChI=1S/C13H17NO4/c1-8(9(2)13(17)18)12(16)14-7-10-5-3-4-6-11(10)15/h3-6,8-9,15H,7H2,1-2H3,(H,14,16)(H,17,18). The summed E-state index contributed by atoms with van der Waals surface area (Å²) in [7, 11) is 0. The largest absolute Gasteiger partial charge is 0.508 e. The second-order valence-corrected chi connectivity index (χ2v) is 4.26. The minimum Gasteiger partial charge on any atom is -0.508 e. The Balaban J connectivity index is 2.56. The van der Waals surface area contributed by atoms with Gasteiger partial charge >= 0.3 is 5.97 Å². The number of phenolic OH excluding ortho intramolecular Hbond substituents is 1. The molecule has 0 radical (unpaired) electrons. The fourth-order valence-corrected chi connectivity index (χ4v) is 1.44. The molecular weight excluding hydrogens is 234 g/mol. The molecule has 0 saturated heterocycles. The van der Waals surface area contributed by atoms with E-state index in [2.05, 4.69) is 5.32 Å². The molecule has 0 heterocycles. The molecule has 0 aliphatic rings. The first-order chi connectivity index (χ1) is 8.43. The zero-order chi connectivity index (χ0) is 13.7. The minimum atomic E-state index is -1.000. The number of nitrogens with one attached hydrogen (secondary N) is 1. The molecule has 1 aromatic carbocycles. The topological polar surface area (TPSA) is 86.6 Å². The Morgan fingerprint density at radius 3 is 2.39 bits per heavy atom. The number of amides is 1. The number of carbonyl (C=O) groups excluding carboxylic acids is 1. The van der Waals surface area contributed by atoms with Crippen LogP contribution in [0.5, 0.6) is 5.75 Å². The van der Waals surface area contributed by atoms with Crippen LogP contribution >= 0.6 is 0 Å². The molecule has 0 aromatic heterocycles. The Bertz CT molecular complexity index is 444. The molecule has 3 N–H and O–H groups in total. The number of hydrogen-bond acceptors (Lipinski definition) is 3. The molecule has 5 nitrogen and oxygen atoms in total. The lowest BCUT2D eigenvalue weighted by atomic mass is 9.95. The number of benzene rings is 1. The summed E-state index contributed by atoms with van der Waals surface area (Å²) >= 11 is 0. The molecule has 2 atom stereocenters. The van der Waals surface area contributed by atoms with E-state index in [4.69, 9.17) is 5.11 Å². The molecule has 0 spiro atoms. The summed E-state index contributed by atoms with van der Waals surface area (Å²) in [4.78, 5) is 22.5. The molecule has 0 aliphatic carbocycles. The lowest BCUT2D eigenvalue weighted by molar-refractivity contribution is -0.146. The molecule has 0 bridgehead atoms. The molecule has 5 heteroatoms. The van der Waals surface area contributed by atoms with Crippen LogP contribution < -0.4 is 5.32 Å². The van der Waals surface area contributed by atoms with E-state index in [0.717, 1.165) is 0 Å². The molecule has 1 aromatic rings. The zero-order valence-electron chi connectivity index (χ0n) is 10.4. The van der Waals surface area contributed by atoms with Crippen molar-refractivity contribution < 1.29 is 19.8 Å². The molecule has 1 rings (SSSR count). The Morgan fingerprint density at radius 2 is 1.83 bits per heavy atom. The van der Waals surface area contributed by atoms with E-state index < -0.39 is 17.8 Å². The van der Waals surface area contributed by atoms with Crippen LogP contribution in [0.4, 0.5) is 0 Å². The molecule has 0 fully saturated rings. The first-order valence-corrected chi connectivity index (χ1v) is 5.71. The zero-order valence-corrected chi connectivity index (χ0v) is 10.4. The minimum absolute atomic E-state index is 0.108. The van der Waals surface area contributed by atoms with Gasteiger partial charge in [0.2, 0.25) is 5.91 Å². The van der Waals surface area contributed by atoms with Crippen molar-refractivity contribution in [2.75, 3.05) is 0 Å². The maximum Gasteiger partial charge on any atom is 0.307 e. The SMILES string of the molecule is CC(C(=O)O)C(C)C(=O)NCc1ccccc1O. The normalized spacial score (nSPS) is 13.7. The fourth-order valence-electron chi connectivity index (χ4n) is 1.44. The molecule has 18 heavy (non-hydrogen) atoms. The highest BCUT2D eigenvalue weighted by Gasteiger charge is 2.25. The second kappa shape index (κ2) is 6.05. The van der Waals surface area contributed by atoms with Crippen molar-refractivity contribution in [2.24, 2.45) is 11.8 Å². The lowest BCUT2D eigenvalue weighted by Crippen LogP contribution is -2.34. The monoisotopic (exact) mass is 251 g/mol. The van der Waals surface area contributed by atoms with Crippen molar-refractivity contribution in [1.82, 2.24) is 5.32 Å². The van der Waals surface area contributed by atoms with E-state index >= 15 is 0 Å². The van der Waals surface area contributed by atoms with Gasteiger partial charge in [0.25, 0.3) is 0 Å². The highest BCUT2D eigenvalue weighted by Crippen LogP contribution is 2.16. The third-order valence-electron chi connectivity index (χ3n) is 3.00. The summed E-state index contributed by atoms with van der Waals surface area (Å²) in [6.07, 6.45) is 0. The van der Waals surface area contributed by atoms with Gasteiger partial charge in [0.15, 0.2) is 0 Å². The lowest BCUT2D eigenvalue weighted by Gasteiger charge is -2.16. The van der Waals surface area contributed by atoms with Gasteiger partial charge < -0.3 is 15.5 Å². The molecule has 0 saturated carbocycles. The van der Waals surface area contributed by atoms with Crippen LogP contribution in [0.15, 0.2) is 24.3 Å². The van der Waals surface area contributed by atoms with Gasteiger partial charge in [0.05, 0.1) is 5.92 Å². The summed E-state index contributed by atoms with van der Waals surface area (Å²) in [5.74, 6) is -2.59. The molecule has 98 valence electrons. The van der Waals surface area contributed by atoms with Crippen molar-refractivity contribution in [3.63, 3.8) is 0 Å². The maximum absolute atomic E-state index is 11.7. The third kappa shape index (κ3) is 3.48. The second-order valence-electron chi connectivity index (χ2n) is 4.26. The number of carbonyl (C=O) groups is 2. The van der Waals surface area contributed by atoms with Crippen LogP contribution in [0.1, 0.15) is 19.4 Å². The molecule has 1 amide bonds. The average Bonchev–Trinajstić information content (AvgIpc) is 2.35. The predicted octanol–water partition coefficient (Wildman–Crippen LogP) is 1.37. The number of aromatic hydroxyl groups is 1. The number of carboxylic acid groups (broad SMARTS) is 1. The molecule has 2 unspecified atom stereocenters. The van der Waals surface area contributed by atoms with Crippen LogP contribution in [0.2, 0.25) is 0 Å². The number of carboxylic acids is 1. The van der Waals surface area contributed by atoms with Crippen molar-refractivity contribution >= 4 is 11.9 Å². The van der Waals surface area contributed by atoms with Gasteiger partial charge in [0.1, 0.15) is 5.75 Å². The number of rotatable bonds is 5. The van der Waals surface area contributed by atoms with E-state index in [-0.39, 0.29) is 18.2 Å². The number of aliphatic carboxylic acids is 1. The summed E-state index contributed by atoms with van der Waals surface area (Å²) in [6.45, 7) is 3.24. The number of para-hydroxylation sites is 1. The van der Waals surface area contributed by atoms with Crippen LogP contribution in [0.3, 0.4) is 0 Å². The van der Waals surface area contributed by atoms with E-state index in [1.807, 2.05) is 0 Å². The Morgan fingerprint density at radius 1 is 1.22 bits per heavy atom. The summed E-state index contributed by atoms with van der Waals surface area (Å²) in [5.41, 5.74) is 0.598. The van der Waals surface area contributed by atoms with Crippen LogP contribution in [0, 0.1) is 11.8 Å². The predicted molar refractivity (Wildman–Crippen MR) is 65.9 cm³/mol. The van der Waals surface area contributed by atoms with Crippen molar-refractivity contribution in [3.8, 4) is 5.75 Å². The smallest absolute Gasteiger partial charge is 0.307 e. The highest BCUT2D eigenvalue weighted by molar-refractivity contribution is 5.84. The highest BCUT2D eigenvalue weighted by atomic mass is 16.4. The van der Waals surface area contributed by atoms with Gasteiger partial charge in [0, 0.05) is 18.0 Å². The maximum atomic E-state index is 11.7. The number of phenols is 1. The quantitative estimate of drug-likeness (QED) is 0.737. The van der Waals surface area contributed by atoms with Gasteiger partial charge in [-0.25, -0.2) is 0 Å². The Hall–Kier alpha value is -2.04. The Labute approximate surface area is 105 Å². The van der Waals surface area contributed by atoms with E-state index in [1.54, 1.807) is 25.1 Å². The van der Waals surface area contributed by atoms with Gasteiger partial charge in [-0.05, 0) is 6.07 Å². The van der Waals surface area contributed by atoms with Crippen LogP contribution in [0.25, 0.3) is 0 Å². The van der Waals surface area contributed by atoms with Crippen molar-refractivity contribution in [1.29, 1.82) is 0 Å². The fraction of sp³-hybridized carbons (Fsp3) is 0.385. The summed E-state index contributed by atoms with van der Waals surface area (Å²) in [5, 5.41) is 20.9. The van der Waals surface area contributed by atoms with Gasteiger partial charge in [-0.15, -0.1) is 0 Å². The van der Waals surface area contributed by atoms with E-state index in [0.29, 0.717) is 5.56 Å². The van der Waals surface area contributed by atoms with E-state index in [9.17, 15) is 14.7 Å². The first-order valence-electron chi connectivity index (χ1n) is 5.71. The van der Waals surface area contributed by atoms with Crippen LogP contribution in [-0.2, 0) is 16.1 Å². The Kier molecular flexibility index (Phi) is 4.71. The summed E-state index contributed by atoms with van der Waals surface area (Å²) < 4.78 is 0. The average molecular weight is 251 g/mol. The van der Waals surface area contributed by atoms with Crippen LogP contribution in [-0.4, -0.2) is 22.1 Å². The molecular formula is C13H17NO4. The van der Waals surface area contributed by atoms with Gasteiger partial charge in [-0.2, -0.15) is 0 Å². The van der Waals surface area contributed by atoms with Gasteiger partial charge in [-0.3, -0.25) is 9.59 Å². The van der Waals surface area contributed by atoms with Crippen molar-refractivity contribution in [3.05, 3.63) is 29.8 Å². The van der Waals surface area contributed by atoms with E-state index in [1.165, 1.54) is 13.0 Å². The van der Waals surface area contributed by atoms with Crippen molar-refractivity contribution in [2.45, 2.75) is 20.4 Å². The molecule has 0 aliphatic heterocycles. The summed E-state index contributed by atoms with van der Waals surface area (Å²) in [6, 6.07) is 6.67. The number of hydrogen-bond donors (Lipinski definition) is 3. The third-order valence-corrected chi connectivity index (χ3v) is 3.00. The first kappa shape index (κ1) is 14.0. The van der Waals surface area contributed by atoms with Gasteiger partial charge in [-0.1, -0.05) is 32.0 Å².